The van der Waals surface area contributed by atoms with Crippen molar-refractivity contribution in [3.63, 3.8) is 0 Å². The summed E-state index contributed by atoms with van der Waals surface area (Å²) in [6.45, 7) is 4.20. The molecular weight excluding hydrogens is 841 g/mol. The fraction of sp³-hybridized carbons (Fsp3) is 0.0462. The minimum absolute atomic E-state index is 0.646. The molecule has 10 aromatic carbocycles. The van der Waals surface area contributed by atoms with Crippen molar-refractivity contribution in [1.29, 1.82) is 0 Å². The highest BCUT2D eigenvalue weighted by Crippen LogP contribution is 2.63. The minimum atomic E-state index is -0.646. The van der Waals surface area contributed by atoms with Crippen molar-refractivity contribution in [3.8, 4) is 39.1 Å². The van der Waals surface area contributed by atoms with Crippen LogP contribution in [0.15, 0.2) is 227 Å². The second-order valence-corrected chi connectivity index (χ2v) is 18.8. The fourth-order valence-electron chi connectivity index (χ4n) is 12.3. The molecule has 4 heteroatoms. The van der Waals surface area contributed by atoms with Gasteiger partial charge >= 0.3 is 0 Å². The van der Waals surface area contributed by atoms with Crippen LogP contribution in [0.3, 0.4) is 0 Å². The third-order valence-electron chi connectivity index (χ3n) is 15.4. The van der Waals surface area contributed by atoms with E-state index >= 15 is 0 Å². The van der Waals surface area contributed by atoms with E-state index in [0.717, 1.165) is 78.0 Å². The molecule has 4 nitrogen and oxygen atoms in total. The van der Waals surface area contributed by atoms with Gasteiger partial charge in [-0.1, -0.05) is 158 Å². The van der Waals surface area contributed by atoms with Crippen LogP contribution in [0.4, 0.5) is 17.1 Å². The first kappa shape index (κ1) is 38.3. The molecule has 1 spiro atoms. The van der Waals surface area contributed by atoms with Crippen molar-refractivity contribution in [1.82, 2.24) is 4.57 Å². The molecule has 69 heavy (non-hydrogen) atoms. The van der Waals surface area contributed by atoms with Crippen molar-refractivity contribution in [2.24, 2.45) is 0 Å². The molecule has 0 fully saturated rings. The van der Waals surface area contributed by atoms with E-state index in [-0.39, 0.29) is 0 Å². The second-order valence-electron chi connectivity index (χ2n) is 18.8. The number of para-hydroxylation sites is 5. The van der Waals surface area contributed by atoms with Crippen molar-refractivity contribution in [2.75, 3.05) is 4.90 Å². The first-order valence-corrected chi connectivity index (χ1v) is 23.8. The Bertz CT molecular complexity index is 4280. The van der Waals surface area contributed by atoms with E-state index in [0.29, 0.717) is 0 Å². The maximum absolute atomic E-state index is 7.09. The van der Waals surface area contributed by atoms with Crippen LogP contribution in [0.5, 0.6) is 0 Å². The molecule has 13 aromatic rings. The van der Waals surface area contributed by atoms with Gasteiger partial charge in [0.15, 0.2) is 0 Å². The number of anilines is 3. The number of hydrogen-bond donors (Lipinski definition) is 0. The van der Waals surface area contributed by atoms with E-state index < -0.39 is 5.41 Å². The molecule has 1 unspecified atom stereocenters. The van der Waals surface area contributed by atoms with Crippen LogP contribution < -0.4 is 4.90 Å². The molecule has 0 saturated carbocycles. The molecular formula is C65H42N2O2. The fourth-order valence-corrected chi connectivity index (χ4v) is 12.3. The number of aromatic nitrogens is 1. The molecule has 324 valence electrons. The highest BCUT2D eigenvalue weighted by molar-refractivity contribution is 6.16. The predicted octanol–water partition coefficient (Wildman–Crippen LogP) is 17.5. The van der Waals surface area contributed by atoms with Gasteiger partial charge in [0, 0.05) is 49.4 Å². The largest absolute Gasteiger partial charge is 0.461 e. The van der Waals surface area contributed by atoms with E-state index in [2.05, 4.69) is 235 Å². The van der Waals surface area contributed by atoms with Crippen LogP contribution in [0, 0.1) is 13.8 Å². The van der Waals surface area contributed by atoms with Gasteiger partial charge in [-0.2, -0.15) is 0 Å². The Hall–Kier alpha value is -8.86. The number of benzene rings is 10. The Morgan fingerprint density at radius 2 is 1.10 bits per heavy atom. The average molecular weight is 883 g/mol. The summed E-state index contributed by atoms with van der Waals surface area (Å²) < 4.78 is 15.8. The highest BCUT2D eigenvalue weighted by atomic mass is 16.3. The molecule has 1 atom stereocenters. The van der Waals surface area contributed by atoms with Crippen molar-refractivity contribution in [3.05, 3.63) is 252 Å². The number of aryl methyl sites for hydroxylation is 2. The zero-order valence-electron chi connectivity index (χ0n) is 38.0. The van der Waals surface area contributed by atoms with Crippen LogP contribution in [0.2, 0.25) is 0 Å². The molecule has 3 aromatic heterocycles. The summed E-state index contributed by atoms with van der Waals surface area (Å²) in [7, 11) is 0. The summed E-state index contributed by atoms with van der Waals surface area (Å²) in [4.78, 5) is 2.44. The summed E-state index contributed by atoms with van der Waals surface area (Å²) in [5, 5.41) is 5.89. The Morgan fingerprint density at radius 3 is 2.00 bits per heavy atom. The summed E-state index contributed by atoms with van der Waals surface area (Å²) in [5.41, 5.74) is 22.0. The van der Waals surface area contributed by atoms with Crippen LogP contribution in [-0.4, -0.2) is 4.57 Å². The molecule has 15 rings (SSSR count). The molecule has 4 heterocycles. The molecule has 1 aliphatic heterocycles. The molecule has 0 amide bonds. The highest BCUT2D eigenvalue weighted by Gasteiger charge is 2.52. The SMILES string of the molecule is Cc1oc2ccc(-c3ccccc3N(c3ccc(-c4ccccc4)cc3)c3ccc4c(c3)-c3c(ccc5c3oc3ccccc35)C43c4ccccc4-n4c5ccccc5c5cccc3c54)cc2c1C. The van der Waals surface area contributed by atoms with Gasteiger partial charge in [0.25, 0.3) is 0 Å². The maximum Gasteiger partial charge on any atom is 0.143 e. The molecule has 1 aliphatic carbocycles. The van der Waals surface area contributed by atoms with Gasteiger partial charge in [0.05, 0.1) is 27.8 Å². The zero-order valence-corrected chi connectivity index (χ0v) is 38.0. The van der Waals surface area contributed by atoms with Gasteiger partial charge in [-0.05, 0) is 125 Å². The summed E-state index contributed by atoms with van der Waals surface area (Å²) in [6, 6.07) is 80.3. The number of furan rings is 2. The monoisotopic (exact) mass is 882 g/mol. The molecule has 0 saturated heterocycles. The van der Waals surface area contributed by atoms with Gasteiger partial charge in [0.1, 0.15) is 22.5 Å². The smallest absolute Gasteiger partial charge is 0.143 e. The first-order valence-electron chi connectivity index (χ1n) is 23.8. The average Bonchev–Trinajstić information content (AvgIpc) is 4.13. The molecule has 0 N–H and O–H groups in total. The lowest BCUT2D eigenvalue weighted by Gasteiger charge is -2.39. The lowest BCUT2D eigenvalue weighted by atomic mass is 9.65. The lowest BCUT2D eigenvalue weighted by molar-refractivity contribution is 0.575. The van der Waals surface area contributed by atoms with Gasteiger partial charge in [-0.15, -0.1) is 0 Å². The minimum Gasteiger partial charge on any atom is -0.461 e. The summed E-state index contributed by atoms with van der Waals surface area (Å²) in [5.74, 6) is 0.948. The first-order chi connectivity index (χ1) is 34.1. The van der Waals surface area contributed by atoms with Crippen molar-refractivity contribution < 1.29 is 8.83 Å². The molecule has 0 radical (unpaired) electrons. The Balaban J connectivity index is 1.04. The van der Waals surface area contributed by atoms with E-state index in [4.69, 9.17) is 8.83 Å². The standard InChI is InChI=1S/C65H42N2O2/c1-39-40(2)68-61-36-29-43(37-51(39)61)46-17-6-10-23-57(46)66(44-30-27-42(28-31-44)41-15-4-3-5-16-41)45-32-34-53-52(38-45)62-55(35-33-50-48-19-8-13-26-60(48)69-64(50)62)65(53)54-21-9-12-25-59(54)67-58-24-11-7-18-47(58)49-20-14-22-56(65)63(49)67/h3-38H,1-2H3. The lowest BCUT2D eigenvalue weighted by Crippen LogP contribution is -2.33. The summed E-state index contributed by atoms with van der Waals surface area (Å²) >= 11 is 0. The van der Waals surface area contributed by atoms with Gasteiger partial charge in [0.2, 0.25) is 0 Å². The quantitative estimate of drug-likeness (QED) is 0.173. The third-order valence-corrected chi connectivity index (χ3v) is 15.4. The third kappa shape index (κ3) is 5.12. The number of hydrogen-bond acceptors (Lipinski definition) is 3. The van der Waals surface area contributed by atoms with Gasteiger partial charge < -0.3 is 18.3 Å². The Labute approximate surface area is 398 Å². The predicted molar refractivity (Wildman–Crippen MR) is 284 cm³/mol. The zero-order chi connectivity index (χ0) is 45.5. The second kappa shape index (κ2) is 14.1. The van der Waals surface area contributed by atoms with Crippen molar-refractivity contribution in [2.45, 2.75) is 19.3 Å². The van der Waals surface area contributed by atoms with Crippen LogP contribution in [-0.2, 0) is 5.41 Å². The Kier molecular flexibility index (Phi) is 7.81. The topological polar surface area (TPSA) is 34.5 Å². The number of nitrogens with zero attached hydrogens (tertiary/aromatic N) is 2. The number of rotatable bonds is 5. The van der Waals surface area contributed by atoms with Crippen LogP contribution in [0.25, 0.3) is 93.8 Å². The van der Waals surface area contributed by atoms with E-state index in [1.807, 2.05) is 6.92 Å². The number of fused-ring (bicyclic) bond motifs is 17. The van der Waals surface area contributed by atoms with E-state index in [1.165, 1.54) is 66.4 Å². The normalized spacial score (nSPS) is 14.6. The molecule has 0 bridgehead atoms. The Morgan fingerprint density at radius 1 is 0.420 bits per heavy atom. The molecule has 2 aliphatic rings. The van der Waals surface area contributed by atoms with Crippen LogP contribution >= 0.6 is 0 Å². The van der Waals surface area contributed by atoms with E-state index in [9.17, 15) is 0 Å². The van der Waals surface area contributed by atoms with Gasteiger partial charge in [-0.25, -0.2) is 0 Å². The maximum atomic E-state index is 7.09. The van der Waals surface area contributed by atoms with Crippen LogP contribution in [0.1, 0.15) is 33.6 Å². The van der Waals surface area contributed by atoms with E-state index in [1.54, 1.807) is 0 Å². The van der Waals surface area contributed by atoms with Gasteiger partial charge in [-0.3, -0.25) is 0 Å². The summed E-state index contributed by atoms with van der Waals surface area (Å²) in [6.07, 6.45) is 0. The van der Waals surface area contributed by atoms with Crippen molar-refractivity contribution >= 4 is 71.8 Å².